The number of rotatable bonds is 5. The fourth-order valence-corrected chi connectivity index (χ4v) is 4.60. The molecule has 0 aromatic heterocycles. The lowest BCUT2D eigenvalue weighted by molar-refractivity contribution is -0.121. The van der Waals surface area contributed by atoms with Crippen molar-refractivity contribution >= 4 is 45.8 Å². The average Bonchev–Trinajstić information content (AvgIpc) is 3.12. The molecule has 1 aliphatic heterocycles. The second-order valence-electron chi connectivity index (χ2n) is 7.36. The Morgan fingerprint density at radius 1 is 0.903 bits per heavy atom. The molecule has 0 saturated heterocycles. The fourth-order valence-electron chi connectivity index (χ4n) is 3.50. The molecule has 3 aromatic rings. The minimum atomic E-state index is -0.547. The van der Waals surface area contributed by atoms with Crippen LogP contribution in [0.1, 0.15) is 17.5 Å². The summed E-state index contributed by atoms with van der Waals surface area (Å²) in [6.07, 6.45) is 0.0711. The highest BCUT2D eigenvalue weighted by molar-refractivity contribution is 8.15. The van der Waals surface area contributed by atoms with Gasteiger partial charge in [-0.15, -0.1) is 0 Å². The van der Waals surface area contributed by atoms with E-state index in [2.05, 4.69) is 10.3 Å². The van der Waals surface area contributed by atoms with E-state index in [1.165, 1.54) is 11.8 Å². The Morgan fingerprint density at radius 3 is 2.00 bits per heavy atom. The molecule has 2 amide bonds. The van der Waals surface area contributed by atoms with Crippen molar-refractivity contribution in [2.24, 2.45) is 4.99 Å². The van der Waals surface area contributed by atoms with Gasteiger partial charge in [-0.1, -0.05) is 66.4 Å². The fraction of sp³-hybridized carbons (Fsp3) is 0.160. The van der Waals surface area contributed by atoms with E-state index >= 15 is 0 Å². The molecule has 6 heteroatoms. The topological polar surface area (TPSA) is 61.8 Å². The van der Waals surface area contributed by atoms with Crippen LogP contribution in [-0.2, 0) is 9.59 Å². The maximum atomic E-state index is 12.7. The van der Waals surface area contributed by atoms with Crippen molar-refractivity contribution in [3.8, 4) is 0 Å². The van der Waals surface area contributed by atoms with Crippen LogP contribution in [0.25, 0.3) is 0 Å². The van der Waals surface area contributed by atoms with E-state index in [1.807, 2.05) is 97.6 Å². The number of amides is 2. The lowest BCUT2D eigenvalue weighted by atomic mass is 10.1. The maximum absolute atomic E-state index is 12.7. The molecule has 0 bridgehead atoms. The smallest absolute Gasteiger partial charge is 0.262 e. The summed E-state index contributed by atoms with van der Waals surface area (Å²) < 4.78 is 0. The highest BCUT2D eigenvalue weighted by Crippen LogP contribution is 2.35. The van der Waals surface area contributed by atoms with Crippen molar-refractivity contribution in [3.63, 3.8) is 0 Å². The number of carbonyl (C=O) groups is 2. The molecule has 0 saturated carbocycles. The first kappa shape index (κ1) is 20.9. The predicted octanol–water partition coefficient (Wildman–Crippen LogP) is 5.47. The van der Waals surface area contributed by atoms with Crippen molar-refractivity contribution in [2.75, 3.05) is 10.2 Å². The minimum Gasteiger partial charge on any atom is -0.326 e. The largest absolute Gasteiger partial charge is 0.326 e. The monoisotopic (exact) mass is 429 g/mol. The number of para-hydroxylation sites is 3. The highest BCUT2D eigenvalue weighted by Gasteiger charge is 2.34. The summed E-state index contributed by atoms with van der Waals surface area (Å²) in [6.45, 7) is 3.91. The zero-order chi connectivity index (χ0) is 21.8. The summed E-state index contributed by atoms with van der Waals surface area (Å²) in [5.41, 5.74) is 4.62. The second kappa shape index (κ2) is 9.18. The van der Waals surface area contributed by atoms with Gasteiger partial charge in [0.15, 0.2) is 5.17 Å². The van der Waals surface area contributed by atoms with Crippen molar-refractivity contribution in [1.82, 2.24) is 0 Å². The molecule has 0 spiro atoms. The summed E-state index contributed by atoms with van der Waals surface area (Å²) >= 11 is 1.33. The van der Waals surface area contributed by atoms with E-state index in [1.54, 1.807) is 0 Å². The number of nitrogens with zero attached hydrogens (tertiary/aromatic N) is 2. The summed E-state index contributed by atoms with van der Waals surface area (Å²) in [6, 6.07) is 25.4. The SMILES string of the molecule is Cc1cccc(C)c1NC(=O)C[C@H]1SC(N(c2ccccc2)c2ccccc2)=NC1=O. The van der Waals surface area contributed by atoms with Crippen molar-refractivity contribution < 1.29 is 9.59 Å². The minimum absolute atomic E-state index is 0.0711. The molecule has 156 valence electrons. The summed E-state index contributed by atoms with van der Waals surface area (Å²) in [5.74, 6) is -0.473. The molecule has 31 heavy (non-hydrogen) atoms. The lowest BCUT2D eigenvalue weighted by Gasteiger charge is -2.24. The first-order chi connectivity index (χ1) is 15.0. The molecule has 0 unspecified atom stereocenters. The van der Waals surface area contributed by atoms with Crippen LogP contribution in [0.3, 0.4) is 0 Å². The zero-order valence-corrected chi connectivity index (χ0v) is 18.2. The molecular weight excluding hydrogens is 406 g/mol. The van der Waals surface area contributed by atoms with Gasteiger partial charge in [0.05, 0.1) is 0 Å². The standard InChI is InChI=1S/C25H23N3O2S/c1-17-10-9-11-18(2)23(17)26-22(29)16-21-24(30)27-25(31-21)28(19-12-5-3-6-13-19)20-14-7-4-8-15-20/h3-15,21H,16H2,1-2H3,(H,26,29)/t21-/m1/s1. The zero-order valence-electron chi connectivity index (χ0n) is 17.4. The van der Waals surface area contributed by atoms with Gasteiger partial charge in [-0.05, 0) is 49.2 Å². The van der Waals surface area contributed by atoms with Gasteiger partial charge in [0, 0.05) is 23.5 Å². The molecule has 0 fully saturated rings. The summed E-state index contributed by atoms with van der Waals surface area (Å²) in [5, 5.41) is 2.99. The van der Waals surface area contributed by atoms with Gasteiger partial charge in [0.2, 0.25) is 5.91 Å². The second-order valence-corrected chi connectivity index (χ2v) is 8.53. The van der Waals surface area contributed by atoms with Gasteiger partial charge in [0.25, 0.3) is 5.91 Å². The molecule has 5 nitrogen and oxygen atoms in total. The third-order valence-corrected chi connectivity index (χ3v) is 6.20. The number of anilines is 3. The van der Waals surface area contributed by atoms with E-state index in [0.29, 0.717) is 5.17 Å². The molecular formula is C25H23N3O2S. The molecule has 3 aromatic carbocycles. The molecule has 0 aliphatic carbocycles. The Hall–Kier alpha value is -3.38. The number of benzene rings is 3. The summed E-state index contributed by atoms with van der Waals surface area (Å²) in [7, 11) is 0. The van der Waals surface area contributed by atoms with Gasteiger partial charge in [0.1, 0.15) is 5.25 Å². The number of aryl methyl sites for hydroxylation is 2. The Balaban J connectivity index is 1.52. The van der Waals surface area contributed by atoms with Gasteiger partial charge < -0.3 is 5.32 Å². The molecule has 1 heterocycles. The van der Waals surface area contributed by atoms with Crippen LogP contribution in [0.5, 0.6) is 0 Å². The lowest BCUT2D eigenvalue weighted by Crippen LogP contribution is -2.24. The number of hydrogen-bond donors (Lipinski definition) is 1. The third-order valence-electron chi connectivity index (χ3n) is 5.07. The number of aliphatic imine (C=N–C) groups is 1. The van der Waals surface area contributed by atoms with Gasteiger partial charge in [-0.3, -0.25) is 14.5 Å². The van der Waals surface area contributed by atoms with Crippen LogP contribution < -0.4 is 10.2 Å². The van der Waals surface area contributed by atoms with Crippen LogP contribution in [0.15, 0.2) is 83.9 Å². The van der Waals surface area contributed by atoms with Gasteiger partial charge >= 0.3 is 0 Å². The Bertz CT molecular complexity index is 1070. The molecule has 4 rings (SSSR count). The van der Waals surface area contributed by atoms with E-state index in [4.69, 9.17) is 0 Å². The van der Waals surface area contributed by atoms with Crippen LogP contribution in [-0.4, -0.2) is 22.2 Å². The molecule has 1 atom stereocenters. The highest BCUT2D eigenvalue weighted by atomic mass is 32.2. The Labute approximate surface area is 186 Å². The van der Waals surface area contributed by atoms with Crippen LogP contribution >= 0.6 is 11.8 Å². The van der Waals surface area contributed by atoms with Crippen molar-refractivity contribution in [2.45, 2.75) is 25.5 Å². The number of carbonyl (C=O) groups excluding carboxylic acids is 2. The van der Waals surface area contributed by atoms with Crippen molar-refractivity contribution in [3.05, 3.63) is 90.0 Å². The normalized spacial score (nSPS) is 15.5. The van der Waals surface area contributed by atoms with Gasteiger partial charge in [-0.25, -0.2) is 0 Å². The molecule has 1 aliphatic rings. The number of thioether (sulfide) groups is 1. The van der Waals surface area contributed by atoms with E-state index in [9.17, 15) is 9.59 Å². The Kier molecular flexibility index (Phi) is 6.18. The van der Waals surface area contributed by atoms with Crippen LogP contribution in [0, 0.1) is 13.8 Å². The third kappa shape index (κ3) is 4.70. The number of hydrogen-bond acceptors (Lipinski definition) is 4. The molecule has 0 radical (unpaired) electrons. The van der Waals surface area contributed by atoms with E-state index in [0.717, 1.165) is 28.2 Å². The van der Waals surface area contributed by atoms with E-state index in [-0.39, 0.29) is 18.2 Å². The van der Waals surface area contributed by atoms with Gasteiger partial charge in [-0.2, -0.15) is 4.99 Å². The quantitative estimate of drug-likeness (QED) is 0.584. The first-order valence-corrected chi connectivity index (χ1v) is 11.0. The molecule has 1 N–H and O–H groups in total. The van der Waals surface area contributed by atoms with Crippen LogP contribution in [0.2, 0.25) is 0 Å². The number of nitrogens with one attached hydrogen (secondary N) is 1. The number of amidine groups is 1. The average molecular weight is 430 g/mol. The Morgan fingerprint density at radius 2 is 1.45 bits per heavy atom. The van der Waals surface area contributed by atoms with Crippen molar-refractivity contribution in [1.29, 1.82) is 0 Å². The first-order valence-electron chi connectivity index (χ1n) is 10.1. The summed E-state index contributed by atoms with van der Waals surface area (Å²) in [4.78, 5) is 31.6. The predicted molar refractivity (Wildman–Crippen MR) is 128 cm³/mol. The van der Waals surface area contributed by atoms with E-state index < -0.39 is 5.25 Å². The van der Waals surface area contributed by atoms with Crippen LogP contribution in [0.4, 0.5) is 17.1 Å². The maximum Gasteiger partial charge on any atom is 0.262 e.